The van der Waals surface area contributed by atoms with Gasteiger partial charge in [-0.05, 0) is 55.0 Å². The molecule has 0 spiro atoms. The Balaban J connectivity index is 1.98. The second-order valence-electron chi connectivity index (χ2n) is 5.17. The molecule has 0 aromatic heterocycles. The zero-order valence-corrected chi connectivity index (χ0v) is 14.6. The van der Waals surface area contributed by atoms with Crippen molar-refractivity contribution in [2.75, 3.05) is 19.5 Å². The first kappa shape index (κ1) is 17.7. The number of ether oxygens (including phenoxy) is 2. The van der Waals surface area contributed by atoms with Crippen LogP contribution >= 0.6 is 12.2 Å². The fourth-order valence-corrected chi connectivity index (χ4v) is 2.48. The van der Waals surface area contributed by atoms with Crippen molar-refractivity contribution in [3.05, 3.63) is 59.7 Å². The van der Waals surface area contributed by atoms with Crippen LogP contribution in [0.4, 0.5) is 5.69 Å². The highest BCUT2D eigenvalue weighted by atomic mass is 32.1. The van der Waals surface area contributed by atoms with Crippen LogP contribution in [0.1, 0.15) is 28.9 Å². The Morgan fingerprint density at radius 2 is 1.83 bits per heavy atom. The smallest absolute Gasteiger partial charge is 0.337 e. The average molecular weight is 344 g/mol. The third-order valence-corrected chi connectivity index (χ3v) is 3.72. The van der Waals surface area contributed by atoms with Crippen molar-refractivity contribution < 1.29 is 14.3 Å². The van der Waals surface area contributed by atoms with Crippen LogP contribution in [-0.2, 0) is 4.74 Å². The lowest BCUT2D eigenvalue weighted by molar-refractivity contribution is 0.0601. The van der Waals surface area contributed by atoms with Gasteiger partial charge in [-0.2, -0.15) is 0 Å². The van der Waals surface area contributed by atoms with Gasteiger partial charge in [-0.1, -0.05) is 18.2 Å². The van der Waals surface area contributed by atoms with Gasteiger partial charge in [0.1, 0.15) is 5.75 Å². The number of carbonyl (C=O) groups is 1. The SMILES string of the molecule is COC(=O)c1cccc(NC(=S)N[C@H](C)c2ccc(OC)cc2)c1. The lowest BCUT2D eigenvalue weighted by Gasteiger charge is -2.18. The van der Waals surface area contributed by atoms with Crippen molar-refractivity contribution in [1.29, 1.82) is 0 Å². The maximum atomic E-state index is 11.6. The summed E-state index contributed by atoms with van der Waals surface area (Å²) in [6.07, 6.45) is 0. The minimum absolute atomic E-state index is 0.0275. The monoisotopic (exact) mass is 344 g/mol. The molecule has 2 aromatic rings. The first-order chi connectivity index (χ1) is 11.5. The number of anilines is 1. The van der Waals surface area contributed by atoms with E-state index in [4.69, 9.17) is 21.7 Å². The molecule has 0 radical (unpaired) electrons. The van der Waals surface area contributed by atoms with E-state index in [0.717, 1.165) is 17.0 Å². The molecule has 2 aromatic carbocycles. The van der Waals surface area contributed by atoms with E-state index in [1.54, 1.807) is 25.3 Å². The van der Waals surface area contributed by atoms with Crippen molar-refractivity contribution in [3.8, 4) is 5.75 Å². The Kier molecular flexibility index (Phi) is 6.14. The van der Waals surface area contributed by atoms with Crippen LogP contribution < -0.4 is 15.4 Å². The van der Waals surface area contributed by atoms with Crippen molar-refractivity contribution in [2.45, 2.75) is 13.0 Å². The first-order valence-corrected chi connectivity index (χ1v) is 7.84. The van der Waals surface area contributed by atoms with Crippen molar-refractivity contribution in [1.82, 2.24) is 5.32 Å². The van der Waals surface area contributed by atoms with Crippen molar-refractivity contribution in [3.63, 3.8) is 0 Å². The molecule has 0 aliphatic carbocycles. The van der Waals surface area contributed by atoms with Gasteiger partial charge in [0.15, 0.2) is 5.11 Å². The molecule has 0 aliphatic rings. The molecule has 0 heterocycles. The van der Waals surface area contributed by atoms with E-state index >= 15 is 0 Å². The van der Waals surface area contributed by atoms with E-state index in [9.17, 15) is 4.79 Å². The highest BCUT2D eigenvalue weighted by Gasteiger charge is 2.09. The molecular weight excluding hydrogens is 324 g/mol. The van der Waals surface area contributed by atoms with E-state index in [1.807, 2.05) is 37.3 Å². The number of carbonyl (C=O) groups excluding carboxylic acids is 1. The van der Waals surface area contributed by atoms with Crippen molar-refractivity contribution in [2.24, 2.45) is 0 Å². The fourth-order valence-electron chi connectivity index (χ4n) is 2.18. The van der Waals surface area contributed by atoms with Crippen LogP contribution in [0.5, 0.6) is 5.75 Å². The molecule has 2 N–H and O–H groups in total. The largest absolute Gasteiger partial charge is 0.497 e. The molecule has 0 unspecified atom stereocenters. The number of esters is 1. The van der Waals surface area contributed by atoms with Crippen LogP contribution in [0.25, 0.3) is 0 Å². The Morgan fingerprint density at radius 3 is 2.46 bits per heavy atom. The zero-order chi connectivity index (χ0) is 17.5. The molecule has 1 atom stereocenters. The van der Waals surface area contributed by atoms with Crippen LogP contribution in [0.3, 0.4) is 0 Å². The number of benzene rings is 2. The summed E-state index contributed by atoms with van der Waals surface area (Å²) in [5.41, 5.74) is 2.27. The van der Waals surface area contributed by atoms with Gasteiger partial charge < -0.3 is 20.1 Å². The Morgan fingerprint density at radius 1 is 1.12 bits per heavy atom. The standard InChI is InChI=1S/C18H20N2O3S/c1-12(13-7-9-16(22-2)10-8-13)19-18(24)20-15-6-4-5-14(11-15)17(21)23-3/h4-12H,1-3H3,(H2,19,20,24)/t12-/m1/s1. The quantitative estimate of drug-likeness (QED) is 0.639. The third-order valence-electron chi connectivity index (χ3n) is 3.50. The van der Waals surface area contributed by atoms with E-state index in [1.165, 1.54) is 7.11 Å². The van der Waals surface area contributed by atoms with Gasteiger partial charge in [0.25, 0.3) is 0 Å². The Bertz CT molecular complexity index is 716. The number of hydrogen-bond acceptors (Lipinski definition) is 4. The summed E-state index contributed by atoms with van der Waals surface area (Å²) in [7, 11) is 2.99. The fraction of sp³-hybridized carbons (Fsp3) is 0.222. The molecule has 0 fully saturated rings. The molecule has 6 heteroatoms. The molecule has 0 amide bonds. The maximum Gasteiger partial charge on any atom is 0.337 e. The molecule has 0 saturated carbocycles. The van der Waals surface area contributed by atoms with Crippen molar-refractivity contribution >= 4 is 29.0 Å². The average Bonchev–Trinajstić information content (AvgIpc) is 2.61. The van der Waals surface area contributed by atoms with E-state index < -0.39 is 0 Å². The molecular formula is C18H20N2O3S. The molecule has 0 saturated heterocycles. The summed E-state index contributed by atoms with van der Waals surface area (Å²) in [6.45, 7) is 2.01. The summed E-state index contributed by atoms with van der Waals surface area (Å²) in [4.78, 5) is 11.6. The van der Waals surface area contributed by atoms with Crippen LogP contribution in [0, 0.1) is 0 Å². The summed E-state index contributed by atoms with van der Waals surface area (Å²) in [6, 6.07) is 14.8. The van der Waals surface area contributed by atoms with Gasteiger partial charge >= 0.3 is 5.97 Å². The number of thiocarbonyl (C=S) groups is 1. The van der Waals surface area contributed by atoms with Gasteiger partial charge in [0.05, 0.1) is 25.8 Å². The Hall–Kier alpha value is -2.60. The molecule has 5 nitrogen and oxygen atoms in total. The zero-order valence-electron chi connectivity index (χ0n) is 13.8. The normalized spacial score (nSPS) is 11.3. The second kappa shape index (κ2) is 8.31. The predicted octanol–water partition coefficient (Wildman–Crippen LogP) is 3.53. The number of hydrogen-bond donors (Lipinski definition) is 2. The number of nitrogens with one attached hydrogen (secondary N) is 2. The summed E-state index contributed by atoms with van der Waals surface area (Å²) in [5, 5.41) is 6.75. The van der Waals surface area contributed by atoms with Crippen LogP contribution in [-0.4, -0.2) is 25.3 Å². The third kappa shape index (κ3) is 4.70. The highest BCUT2D eigenvalue weighted by molar-refractivity contribution is 7.80. The summed E-state index contributed by atoms with van der Waals surface area (Å²) < 4.78 is 9.86. The van der Waals surface area contributed by atoms with E-state index in [2.05, 4.69) is 10.6 Å². The molecule has 24 heavy (non-hydrogen) atoms. The van der Waals surface area contributed by atoms with E-state index in [-0.39, 0.29) is 12.0 Å². The van der Waals surface area contributed by atoms with E-state index in [0.29, 0.717) is 10.7 Å². The van der Waals surface area contributed by atoms with Gasteiger partial charge in [-0.3, -0.25) is 0 Å². The molecule has 0 bridgehead atoms. The molecule has 2 rings (SSSR count). The topological polar surface area (TPSA) is 59.6 Å². The lowest BCUT2D eigenvalue weighted by atomic mass is 10.1. The number of rotatable bonds is 5. The predicted molar refractivity (Wildman–Crippen MR) is 98.5 cm³/mol. The van der Waals surface area contributed by atoms with Gasteiger partial charge in [0.2, 0.25) is 0 Å². The van der Waals surface area contributed by atoms with Gasteiger partial charge in [-0.15, -0.1) is 0 Å². The summed E-state index contributed by atoms with van der Waals surface area (Å²) in [5.74, 6) is 0.426. The number of methoxy groups -OCH3 is 2. The maximum absolute atomic E-state index is 11.6. The minimum Gasteiger partial charge on any atom is -0.497 e. The lowest BCUT2D eigenvalue weighted by Crippen LogP contribution is -2.30. The van der Waals surface area contributed by atoms with Crippen LogP contribution in [0.2, 0.25) is 0 Å². The summed E-state index contributed by atoms with van der Waals surface area (Å²) >= 11 is 5.34. The highest BCUT2D eigenvalue weighted by Crippen LogP contribution is 2.18. The first-order valence-electron chi connectivity index (χ1n) is 7.43. The van der Waals surface area contributed by atoms with Crippen LogP contribution in [0.15, 0.2) is 48.5 Å². The second-order valence-corrected chi connectivity index (χ2v) is 5.57. The van der Waals surface area contributed by atoms with Gasteiger partial charge in [0, 0.05) is 5.69 Å². The minimum atomic E-state index is -0.385. The molecule has 0 aliphatic heterocycles. The van der Waals surface area contributed by atoms with Gasteiger partial charge in [-0.25, -0.2) is 4.79 Å². The molecule has 126 valence electrons. The Labute approximate surface area is 147 Å².